The van der Waals surface area contributed by atoms with Crippen LogP contribution in [-0.2, 0) is 17.8 Å². The van der Waals surface area contributed by atoms with E-state index in [1.165, 1.54) is 0 Å². The van der Waals surface area contributed by atoms with Gasteiger partial charge >= 0.3 is 5.97 Å². The molecule has 0 aliphatic carbocycles. The second-order valence-electron chi connectivity index (χ2n) is 5.56. The van der Waals surface area contributed by atoms with Crippen molar-refractivity contribution in [3.8, 4) is 11.5 Å². The van der Waals surface area contributed by atoms with E-state index in [1.807, 2.05) is 26.0 Å². The summed E-state index contributed by atoms with van der Waals surface area (Å²) in [5.74, 6) is 0.872. The summed E-state index contributed by atoms with van der Waals surface area (Å²) in [6, 6.07) is 3.46. The van der Waals surface area contributed by atoms with Crippen molar-refractivity contribution in [2.24, 2.45) is 0 Å². The van der Waals surface area contributed by atoms with Crippen LogP contribution >= 0.6 is 0 Å². The molecule has 116 valence electrons. The molecule has 0 spiro atoms. The van der Waals surface area contributed by atoms with Gasteiger partial charge in [0.1, 0.15) is 23.6 Å². The van der Waals surface area contributed by atoms with Crippen LogP contribution in [0.2, 0.25) is 0 Å². The third-order valence-corrected chi connectivity index (χ3v) is 3.82. The van der Waals surface area contributed by atoms with E-state index in [1.54, 1.807) is 18.9 Å². The van der Waals surface area contributed by atoms with E-state index in [0.717, 1.165) is 29.0 Å². The van der Waals surface area contributed by atoms with Crippen LogP contribution in [-0.4, -0.2) is 41.8 Å². The lowest BCUT2D eigenvalue weighted by Crippen LogP contribution is -2.35. The van der Waals surface area contributed by atoms with Gasteiger partial charge in [0.15, 0.2) is 0 Å². The second kappa shape index (κ2) is 6.35. The standard InChI is InChI=1S/C16H23NO4/c1-5-20-14-7-12-6-10(2)21-15(12)8-13(14)9-17(4)11(3)16(18)19/h7-8,10-11H,5-6,9H2,1-4H3,(H,18,19)/t10-,11-/m0/s1. The average Bonchev–Trinajstić information content (AvgIpc) is 2.77. The van der Waals surface area contributed by atoms with Crippen molar-refractivity contribution in [1.82, 2.24) is 4.90 Å². The van der Waals surface area contributed by atoms with Crippen molar-refractivity contribution in [2.45, 2.75) is 45.9 Å². The molecule has 0 bridgehead atoms. The van der Waals surface area contributed by atoms with Crippen molar-refractivity contribution in [3.05, 3.63) is 23.3 Å². The summed E-state index contributed by atoms with van der Waals surface area (Å²) in [5, 5.41) is 9.10. The number of fused-ring (bicyclic) bond motifs is 1. The monoisotopic (exact) mass is 293 g/mol. The summed E-state index contributed by atoms with van der Waals surface area (Å²) < 4.78 is 11.5. The Morgan fingerprint density at radius 2 is 2.29 bits per heavy atom. The summed E-state index contributed by atoms with van der Waals surface area (Å²) in [7, 11) is 1.80. The van der Waals surface area contributed by atoms with Gasteiger partial charge < -0.3 is 14.6 Å². The highest BCUT2D eigenvalue weighted by atomic mass is 16.5. The van der Waals surface area contributed by atoms with Crippen LogP contribution in [0.25, 0.3) is 0 Å². The molecule has 1 aromatic rings. The number of carboxylic acids is 1. The summed E-state index contributed by atoms with van der Waals surface area (Å²) in [6.45, 7) is 6.75. The Hall–Kier alpha value is -1.75. The molecule has 21 heavy (non-hydrogen) atoms. The molecule has 0 aromatic heterocycles. The molecule has 0 fully saturated rings. The number of rotatable bonds is 6. The molecule has 1 aliphatic heterocycles. The van der Waals surface area contributed by atoms with Crippen molar-refractivity contribution in [1.29, 1.82) is 0 Å². The number of hydrogen-bond acceptors (Lipinski definition) is 4. The lowest BCUT2D eigenvalue weighted by Gasteiger charge is -2.23. The summed E-state index contributed by atoms with van der Waals surface area (Å²) in [5.41, 5.74) is 2.11. The zero-order valence-electron chi connectivity index (χ0n) is 13.0. The van der Waals surface area contributed by atoms with Gasteiger partial charge in [-0.3, -0.25) is 9.69 Å². The lowest BCUT2D eigenvalue weighted by molar-refractivity contribution is -0.142. The van der Waals surface area contributed by atoms with Gasteiger partial charge in [-0.15, -0.1) is 0 Å². The minimum atomic E-state index is -0.832. The fourth-order valence-electron chi connectivity index (χ4n) is 2.49. The Bertz CT molecular complexity index is 529. The minimum Gasteiger partial charge on any atom is -0.494 e. The molecule has 0 amide bonds. The largest absolute Gasteiger partial charge is 0.494 e. The van der Waals surface area contributed by atoms with Gasteiger partial charge in [-0.25, -0.2) is 0 Å². The first-order chi connectivity index (χ1) is 9.92. The Labute approximate surface area is 125 Å². The summed E-state index contributed by atoms with van der Waals surface area (Å²) in [4.78, 5) is 12.9. The van der Waals surface area contributed by atoms with Crippen LogP contribution in [0.3, 0.4) is 0 Å². The van der Waals surface area contributed by atoms with E-state index in [4.69, 9.17) is 14.6 Å². The number of hydrogen-bond donors (Lipinski definition) is 1. The van der Waals surface area contributed by atoms with Gasteiger partial charge in [0, 0.05) is 24.1 Å². The molecule has 1 aromatic carbocycles. The number of benzene rings is 1. The molecule has 5 heteroatoms. The number of aliphatic carboxylic acids is 1. The van der Waals surface area contributed by atoms with Gasteiger partial charge in [-0.2, -0.15) is 0 Å². The molecule has 0 radical (unpaired) electrons. The van der Waals surface area contributed by atoms with Crippen LogP contribution in [0.5, 0.6) is 11.5 Å². The zero-order chi connectivity index (χ0) is 15.6. The molecule has 2 atom stereocenters. The Morgan fingerprint density at radius 1 is 1.57 bits per heavy atom. The Balaban J connectivity index is 2.25. The van der Waals surface area contributed by atoms with Gasteiger partial charge in [0.25, 0.3) is 0 Å². The van der Waals surface area contributed by atoms with Crippen molar-refractivity contribution in [2.75, 3.05) is 13.7 Å². The van der Waals surface area contributed by atoms with E-state index < -0.39 is 12.0 Å². The Morgan fingerprint density at radius 3 is 2.90 bits per heavy atom. The fraction of sp³-hybridized carbons (Fsp3) is 0.562. The third-order valence-electron chi connectivity index (χ3n) is 3.82. The maximum atomic E-state index is 11.1. The maximum Gasteiger partial charge on any atom is 0.320 e. The second-order valence-corrected chi connectivity index (χ2v) is 5.56. The number of nitrogens with zero attached hydrogens (tertiary/aromatic N) is 1. The van der Waals surface area contributed by atoms with Crippen molar-refractivity contribution >= 4 is 5.97 Å². The van der Waals surface area contributed by atoms with Crippen molar-refractivity contribution < 1.29 is 19.4 Å². The number of carboxylic acid groups (broad SMARTS) is 1. The highest BCUT2D eigenvalue weighted by Crippen LogP contribution is 2.35. The maximum absolute atomic E-state index is 11.1. The number of carbonyl (C=O) groups is 1. The van der Waals surface area contributed by atoms with Gasteiger partial charge in [-0.1, -0.05) is 0 Å². The smallest absolute Gasteiger partial charge is 0.320 e. The van der Waals surface area contributed by atoms with E-state index in [9.17, 15) is 4.79 Å². The quantitative estimate of drug-likeness (QED) is 0.872. The highest BCUT2D eigenvalue weighted by molar-refractivity contribution is 5.72. The molecule has 2 rings (SSSR count). The molecular weight excluding hydrogens is 270 g/mol. The van der Waals surface area contributed by atoms with Crippen LogP contribution in [0.4, 0.5) is 0 Å². The molecule has 1 heterocycles. The average molecular weight is 293 g/mol. The predicted octanol–water partition coefficient (Wildman–Crippen LogP) is 2.31. The van der Waals surface area contributed by atoms with Gasteiger partial charge in [-0.05, 0) is 40.0 Å². The molecule has 0 saturated carbocycles. The first-order valence-electron chi connectivity index (χ1n) is 7.30. The van der Waals surface area contributed by atoms with Crippen molar-refractivity contribution in [3.63, 3.8) is 0 Å². The molecular formula is C16H23NO4. The van der Waals surface area contributed by atoms with E-state index in [0.29, 0.717) is 13.2 Å². The molecule has 1 aliphatic rings. The van der Waals surface area contributed by atoms with E-state index >= 15 is 0 Å². The van der Waals surface area contributed by atoms with Gasteiger partial charge in [0.05, 0.1) is 6.61 Å². The summed E-state index contributed by atoms with van der Waals surface area (Å²) in [6.07, 6.45) is 1.07. The SMILES string of the molecule is CCOc1cc2c(cc1CN(C)[C@@H](C)C(=O)O)O[C@@H](C)C2. The molecule has 1 N–H and O–H groups in total. The number of ether oxygens (including phenoxy) is 2. The third kappa shape index (κ3) is 3.47. The zero-order valence-corrected chi connectivity index (χ0v) is 13.0. The van der Waals surface area contributed by atoms with E-state index in [2.05, 4.69) is 0 Å². The predicted molar refractivity (Wildman–Crippen MR) is 80.0 cm³/mol. The van der Waals surface area contributed by atoms with Gasteiger partial charge in [0.2, 0.25) is 0 Å². The topological polar surface area (TPSA) is 59.0 Å². The molecule has 5 nitrogen and oxygen atoms in total. The molecule has 0 saturated heterocycles. The van der Waals surface area contributed by atoms with Crippen LogP contribution in [0.1, 0.15) is 31.9 Å². The first-order valence-corrected chi connectivity index (χ1v) is 7.30. The first kappa shape index (κ1) is 15.6. The molecule has 0 unspecified atom stereocenters. The highest BCUT2D eigenvalue weighted by Gasteiger charge is 2.24. The minimum absolute atomic E-state index is 0.181. The van der Waals surface area contributed by atoms with Crippen LogP contribution in [0, 0.1) is 0 Å². The Kier molecular flexibility index (Phi) is 4.73. The number of likely N-dealkylation sites (N-methyl/N-ethyl adjacent to an activating group) is 1. The van der Waals surface area contributed by atoms with Crippen LogP contribution < -0.4 is 9.47 Å². The lowest BCUT2D eigenvalue weighted by atomic mass is 10.1. The van der Waals surface area contributed by atoms with E-state index in [-0.39, 0.29) is 6.10 Å². The fourth-order valence-corrected chi connectivity index (χ4v) is 2.49. The summed E-state index contributed by atoms with van der Waals surface area (Å²) >= 11 is 0. The normalized spacial score (nSPS) is 18.2. The van der Waals surface area contributed by atoms with Crippen LogP contribution in [0.15, 0.2) is 12.1 Å².